The molecule has 3 aromatic rings. The fourth-order valence-electron chi connectivity index (χ4n) is 1.90. The molecule has 0 atom stereocenters. The molecule has 0 unspecified atom stereocenters. The predicted molar refractivity (Wildman–Crippen MR) is 87.1 cm³/mol. The van der Waals surface area contributed by atoms with Gasteiger partial charge in [-0.15, -0.1) is 11.3 Å². The smallest absolute Gasteiger partial charge is 0.244 e. The topological polar surface area (TPSA) is 55.1 Å². The molecule has 0 fully saturated rings. The minimum Gasteiger partial charge on any atom is -0.472 e. The third-order valence-electron chi connectivity index (χ3n) is 3.05. The number of furan rings is 1. The number of nitrogens with zero attached hydrogens (tertiary/aromatic N) is 1. The molecule has 3 aromatic heterocycles. The van der Waals surface area contributed by atoms with Gasteiger partial charge < -0.3 is 9.73 Å². The lowest BCUT2D eigenvalue weighted by atomic mass is 10.2. The van der Waals surface area contributed by atoms with E-state index in [0.717, 1.165) is 21.7 Å². The number of amides is 1. The zero-order valence-electron chi connectivity index (χ0n) is 11.7. The van der Waals surface area contributed by atoms with Crippen LogP contribution in [0.15, 0.2) is 64.9 Å². The summed E-state index contributed by atoms with van der Waals surface area (Å²) in [7, 11) is 0. The number of carbonyl (C=O) groups excluding carboxylic acids is 1. The maximum Gasteiger partial charge on any atom is 0.244 e. The van der Waals surface area contributed by atoms with E-state index in [0.29, 0.717) is 6.54 Å². The van der Waals surface area contributed by atoms with E-state index in [1.165, 1.54) is 0 Å². The van der Waals surface area contributed by atoms with Gasteiger partial charge in [0.2, 0.25) is 5.91 Å². The summed E-state index contributed by atoms with van der Waals surface area (Å²) in [5, 5.41) is 4.81. The minimum absolute atomic E-state index is 0.118. The van der Waals surface area contributed by atoms with Crippen molar-refractivity contribution in [3.8, 4) is 11.3 Å². The fraction of sp³-hybridized carbons (Fsp3) is 0.0588. The molecule has 0 radical (unpaired) electrons. The summed E-state index contributed by atoms with van der Waals surface area (Å²) in [5.74, 6) is -0.118. The van der Waals surface area contributed by atoms with Crippen LogP contribution in [0.2, 0.25) is 0 Å². The Kier molecular flexibility index (Phi) is 4.46. The lowest BCUT2D eigenvalue weighted by molar-refractivity contribution is -0.116. The molecule has 4 nitrogen and oxygen atoms in total. The van der Waals surface area contributed by atoms with E-state index < -0.39 is 0 Å². The number of carbonyl (C=O) groups is 1. The van der Waals surface area contributed by atoms with Crippen LogP contribution in [0.4, 0.5) is 0 Å². The van der Waals surface area contributed by atoms with Crippen LogP contribution < -0.4 is 5.32 Å². The lowest BCUT2D eigenvalue weighted by Gasteiger charge is -2.03. The average Bonchev–Trinajstić information content (AvgIpc) is 3.24. The van der Waals surface area contributed by atoms with Gasteiger partial charge in [0, 0.05) is 29.3 Å². The van der Waals surface area contributed by atoms with Crippen LogP contribution in [0.1, 0.15) is 10.4 Å². The first kappa shape index (κ1) is 14.3. The van der Waals surface area contributed by atoms with Crippen molar-refractivity contribution in [1.29, 1.82) is 0 Å². The lowest BCUT2D eigenvalue weighted by Crippen LogP contribution is -2.20. The van der Waals surface area contributed by atoms with Crippen LogP contribution in [0, 0.1) is 0 Å². The van der Waals surface area contributed by atoms with Crippen LogP contribution in [0.3, 0.4) is 0 Å². The SMILES string of the molecule is O=C(/C=C/c1cccs1)NCc1ccc(-c2ccoc2)nc1. The van der Waals surface area contributed by atoms with Crippen molar-refractivity contribution in [2.24, 2.45) is 0 Å². The van der Waals surface area contributed by atoms with Gasteiger partial charge in [-0.25, -0.2) is 0 Å². The second-order valence-electron chi connectivity index (χ2n) is 4.63. The molecule has 0 spiro atoms. The highest BCUT2D eigenvalue weighted by molar-refractivity contribution is 7.10. The number of aromatic nitrogens is 1. The Morgan fingerprint density at radius 2 is 2.27 bits per heavy atom. The zero-order valence-corrected chi connectivity index (χ0v) is 12.5. The highest BCUT2D eigenvalue weighted by Crippen LogP contribution is 2.17. The van der Waals surface area contributed by atoms with Crippen molar-refractivity contribution in [3.63, 3.8) is 0 Å². The van der Waals surface area contributed by atoms with Crippen LogP contribution in [0.25, 0.3) is 17.3 Å². The molecule has 1 amide bonds. The molecule has 0 aliphatic heterocycles. The largest absolute Gasteiger partial charge is 0.472 e. The number of rotatable bonds is 5. The van der Waals surface area contributed by atoms with Crippen molar-refractivity contribution in [1.82, 2.24) is 10.3 Å². The number of thiophene rings is 1. The highest BCUT2D eigenvalue weighted by Gasteiger charge is 2.02. The van der Waals surface area contributed by atoms with E-state index in [9.17, 15) is 4.79 Å². The molecule has 0 aliphatic rings. The third-order valence-corrected chi connectivity index (χ3v) is 3.89. The first-order chi connectivity index (χ1) is 10.8. The van der Waals surface area contributed by atoms with Crippen molar-refractivity contribution >= 4 is 23.3 Å². The summed E-state index contributed by atoms with van der Waals surface area (Å²) >= 11 is 1.60. The fourth-order valence-corrected chi connectivity index (χ4v) is 2.52. The van der Waals surface area contributed by atoms with Gasteiger partial charge in [0.15, 0.2) is 0 Å². The van der Waals surface area contributed by atoms with Gasteiger partial charge >= 0.3 is 0 Å². The normalized spacial score (nSPS) is 10.9. The standard InChI is InChI=1S/C17H14N2O2S/c20-17(6-4-15-2-1-9-22-15)19-11-13-3-5-16(18-10-13)14-7-8-21-12-14/h1-10,12H,11H2,(H,19,20)/b6-4+. The molecule has 0 saturated heterocycles. The first-order valence-corrected chi connectivity index (χ1v) is 7.66. The van der Waals surface area contributed by atoms with E-state index in [4.69, 9.17) is 4.42 Å². The Morgan fingerprint density at radius 1 is 1.32 bits per heavy atom. The molecule has 1 N–H and O–H groups in total. The summed E-state index contributed by atoms with van der Waals surface area (Å²) in [6, 6.07) is 9.63. The van der Waals surface area contributed by atoms with Crippen molar-refractivity contribution in [3.05, 3.63) is 71.0 Å². The van der Waals surface area contributed by atoms with Crippen LogP contribution in [0.5, 0.6) is 0 Å². The maximum atomic E-state index is 11.7. The molecule has 0 aromatic carbocycles. The molecular weight excluding hydrogens is 296 g/mol. The van der Waals surface area contributed by atoms with Gasteiger partial charge in [0.1, 0.15) is 0 Å². The second kappa shape index (κ2) is 6.87. The maximum absolute atomic E-state index is 11.7. The molecule has 3 rings (SSSR count). The van der Waals surface area contributed by atoms with E-state index in [1.54, 1.807) is 42.2 Å². The molecule has 5 heteroatoms. The van der Waals surface area contributed by atoms with Crippen molar-refractivity contribution in [2.45, 2.75) is 6.54 Å². The summed E-state index contributed by atoms with van der Waals surface area (Å²) in [6.07, 6.45) is 8.37. The molecule has 3 heterocycles. The number of nitrogens with one attached hydrogen (secondary N) is 1. The Morgan fingerprint density at radius 3 is 2.95 bits per heavy atom. The molecule has 110 valence electrons. The average molecular weight is 310 g/mol. The summed E-state index contributed by atoms with van der Waals surface area (Å²) in [4.78, 5) is 17.2. The van der Waals surface area contributed by atoms with Gasteiger partial charge in [0.05, 0.1) is 18.2 Å². The zero-order chi connectivity index (χ0) is 15.2. The van der Waals surface area contributed by atoms with Crippen LogP contribution in [-0.2, 0) is 11.3 Å². The minimum atomic E-state index is -0.118. The molecule has 0 bridgehead atoms. The molecule has 22 heavy (non-hydrogen) atoms. The van der Waals surface area contributed by atoms with E-state index in [-0.39, 0.29) is 5.91 Å². The predicted octanol–water partition coefficient (Wildman–Crippen LogP) is 3.73. The third kappa shape index (κ3) is 3.71. The second-order valence-corrected chi connectivity index (χ2v) is 5.61. The van der Waals surface area contributed by atoms with Crippen LogP contribution >= 0.6 is 11.3 Å². The Hall–Kier alpha value is -2.66. The van der Waals surface area contributed by atoms with Crippen LogP contribution in [-0.4, -0.2) is 10.9 Å². The molecular formula is C17H14N2O2S. The monoisotopic (exact) mass is 310 g/mol. The first-order valence-electron chi connectivity index (χ1n) is 6.78. The Balaban J connectivity index is 1.54. The highest BCUT2D eigenvalue weighted by atomic mass is 32.1. The van der Waals surface area contributed by atoms with Gasteiger partial charge in [0.25, 0.3) is 0 Å². The summed E-state index contributed by atoms with van der Waals surface area (Å²) in [5.41, 5.74) is 2.74. The van der Waals surface area contributed by atoms with Gasteiger partial charge in [-0.1, -0.05) is 12.1 Å². The summed E-state index contributed by atoms with van der Waals surface area (Å²) < 4.78 is 5.03. The van der Waals surface area contributed by atoms with Gasteiger partial charge in [-0.3, -0.25) is 9.78 Å². The van der Waals surface area contributed by atoms with Crippen molar-refractivity contribution in [2.75, 3.05) is 0 Å². The van der Waals surface area contributed by atoms with Gasteiger partial charge in [-0.2, -0.15) is 0 Å². The van der Waals surface area contributed by atoms with Crippen molar-refractivity contribution < 1.29 is 9.21 Å². The summed E-state index contributed by atoms with van der Waals surface area (Å²) in [6.45, 7) is 0.451. The Bertz CT molecular complexity index is 745. The Labute approximate surface area is 132 Å². The molecule has 0 aliphatic carbocycles. The van der Waals surface area contributed by atoms with E-state index in [1.807, 2.05) is 35.7 Å². The number of pyridine rings is 1. The number of hydrogen-bond donors (Lipinski definition) is 1. The van der Waals surface area contributed by atoms with E-state index >= 15 is 0 Å². The molecule has 0 saturated carbocycles. The van der Waals surface area contributed by atoms with E-state index in [2.05, 4.69) is 10.3 Å². The quantitative estimate of drug-likeness (QED) is 0.731. The number of hydrogen-bond acceptors (Lipinski definition) is 4. The van der Waals surface area contributed by atoms with Gasteiger partial charge in [-0.05, 0) is 35.2 Å².